The number of allylic oxidation sites excluding steroid dienone is 4. The van der Waals surface area contributed by atoms with Crippen molar-refractivity contribution in [2.75, 3.05) is 0 Å². The molecule has 1 atom stereocenters. The van der Waals surface area contributed by atoms with Crippen LogP contribution >= 0.6 is 0 Å². The zero-order chi connectivity index (χ0) is 9.54. The number of hydrogen-bond acceptors (Lipinski definition) is 2. The van der Waals surface area contributed by atoms with E-state index in [0.717, 1.165) is 5.71 Å². The fraction of sp³-hybridized carbons (Fsp3) is 0.100. The number of amides is 1. The van der Waals surface area contributed by atoms with Gasteiger partial charge in [-0.15, -0.1) is 0 Å². The van der Waals surface area contributed by atoms with Crippen LogP contribution in [-0.2, 0) is 0 Å². The Morgan fingerprint density at radius 2 is 2.29 bits per heavy atom. The van der Waals surface area contributed by atoms with Crippen molar-refractivity contribution in [1.82, 2.24) is 9.78 Å². The van der Waals surface area contributed by atoms with Crippen LogP contribution in [0, 0.1) is 0 Å². The van der Waals surface area contributed by atoms with Crippen molar-refractivity contribution in [2.24, 2.45) is 4.99 Å². The van der Waals surface area contributed by atoms with E-state index >= 15 is 0 Å². The van der Waals surface area contributed by atoms with Gasteiger partial charge in [0.05, 0.1) is 5.71 Å². The van der Waals surface area contributed by atoms with E-state index in [1.807, 2.05) is 24.3 Å². The molecule has 0 bridgehead atoms. The molecule has 1 aromatic heterocycles. The highest BCUT2D eigenvalue weighted by atomic mass is 16.1. The molecule has 2 aliphatic rings. The molecule has 2 heterocycles. The van der Waals surface area contributed by atoms with Crippen LogP contribution in [0.25, 0.3) is 0 Å². The minimum absolute atomic E-state index is 0.0114. The van der Waals surface area contributed by atoms with Crippen molar-refractivity contribution >= 4 is 11.6 Å². The van der Waals surface area contributed by atoms with Gasteiger partial charge in [-0.3, -0.25) is 4.79 Å². The zero-order valence-electron chi connectivity index (χ0n) is 7.29. The van der Waals surface area contributed by atoms with Gasteiger partial charge >= 0.3 is 0 Å². The van der Waals surface area contributed by atoms with E-state index in [2.05, 4.69) is 10.1 Å². The summed E-state index contributed by atoms with van der Waals surface area (Å²) in [7, 11) is 0. The fourth-order valence-electron chi connectivity index (χ4n) is 1.71. The molecule has 0 saturated heterocycles. The Hall–Kier alpha value is -1.97. The first kappa shape index (κ1) is 7.44. The van der Waals surface area contributed by atoms with E-state index in [9.17, 15) is 4.79 Å². The Kier molecular flexibility index (Phi) is 1.33. The van der Waals surface area contributed by atoms with E-state index < -0.39 is 0 Å². The van der Waals surface area contributed by atoms with Gasteiger partial charge in [-0.25, -0.2) is 9.67 Å². The van der Waals surface area contributed by atoms with Crippen LogP contribution < -0.4 is 0 Å². The summed E-state index contributed by atoms with van der Waals surface area (Å²) in [6, 6.07) is 1.68. The zero-order valence-corrected chi connectivity index (χ0v) is 7.29. The van der Waals surface area contributed by atoms with Crippen molar-refractivity contribution in [1.29, 1.82) is 0 Å². The van der Waals surface area contributed by atoms with Gasteiger partial charge in [-0.1, -0.05) is 18.2 Å². The molecule has 14 heavy (non-hydrogen) atoms. The number of aromatic nitrogens is 2. The first-order valence-electron chi connectivity index (χ1n) is 4.37. The highest BCUT2D eigenvalue weighted by Gasteiger charge is 2.26. The van der Waals surface area contributed by atoms with Gasteiger partial charge in [-0.05, 0) is 12.1 Å². The molecule has 1 unspecified atom stereocenters. The van der Waals surface area contributed by atoms with E-state index in [4.69, 9.17) is 0 Å². The number of carbonyl (C=O) groups is 1. The first-order valence-corrected chi connectivity index (χ1v) is 4.37. The van der Waals surface area contributed by atoms with Gasteiger partial charge in [0.1, 0.15) is 11.7 Å². The van der Waals surface area contributed by atoms with Crippen molar-refractivity contribution < 1.29 is 4.79 Å². The second kappa shape index (κ2) is 2.51. The second-order valence-corrected chi connectivity index (χ2v) is 3.19. The highest BCUT2D eigenvalue weighted by molar-refractivity contribution is 6.12. The van der Waals surface area contributed by atoms with Crippen LogP contribution in [0.4, 0.5) is 0 Å². The molecule has 68 valence electrons. The lowest BCUT2D eigenvalue weighted by molar-refractivity contribution is 0.0987. The lowest BCUT2D eigenvalue weighted by Gasteiger charge is -2.21. The third kappa shape index (κ3) is 0.849. The molecule has 1 aliphatic heterocycles. The van der Waals surface area contributed by atoms with Crippen molar-refractivity contribution in [3.05, 3.63) is 42.3 Å². The maximum absolute atomic E-state index is 11.5. The number of carbonyl (C=O) groups excluding carboxylic acids is 1. The van der Waals surface area contributed by atoms with Crippen LogP contribution in [0.1, 0.15) is 16.5 Å². The van der Waals surface area contributed by atoms with Gasteiger partial charge in [0.15, 0.2) is 0 Å². The first-order chi connectivity index (χ1) is 6.86. The monoisotopic (exact) mass is 185 g/mol. The second-order valence-electron chi connectivity index (χ2n) is 3.19. The summed E-state index contributed by atoms with van der Waals surface area (Å²) in [4.78, 5) is 15.5. The number of hydrogen-bond donors (Lipinski definition) is 0. The Labute approximate surface area is 80.3 Å². The Balaban J connectivity index is 2.23. The molecule has 0 saturated carbocycles. The lowest BCUT2D eigenvalue weighted by Crippen LogP contribution is -2.27. The SMILES string of the molecule is O=C1N=C2C=CC=CC2n2nccc21. The molecule has 3 rings (SSSR count). The minimum atomic E-state index is -0.214. The molecule has 0 spiro atoms. The van der Waals surface area contributed by atoms with Crippen molar-refractivity contribution in [2.45, 2.75) is 6.04 Å². The van der Waals surface area contributed by atoms with Gasteiger partial charge in [0.25, 0.3) is 5.91 Å². The molecule has 0 N–H and O–H groups in total. The molecule has 1 amide bonds. The van der Waals surface area contributed by atoms with Gasteiger partial charge in [0, 0.05) is 6.20 Å². The largest absolute Gasteiger partial charge is 0.295 e. The fourth-order valence-corrected chi connectivity index (χ4v) is 1.71. The van der Waals surface area contributed by atoms with E-state index in [0.29, 0.717) is 5.69 Å². The highest BCUT2D eigenvalue weighted by Crippen LogP contribution is 2.22. The number of fused-ring (bicyclic) bond motifs is 3. The van der Waals surface area contributed by atoms with Crippen molar-refractivity contribution in [3.63, 3.8) is 0 Å². The molecule has 0 aromatic carbocycles. The third-order valence-corrected chi connectivity index (χ3v) is 2.36. The summed E-state index contributed by atoms with van der Waals surface area (Å²) in [6.45, 7) is 0. The van der Waals surface area contributed by atoms with Crippen LogP contribution in [-0.4, -0.2) is 21.4 Å². The molecule has 0 fully saturated rings. The Bertz CT molecular complexity index is 493. The summed E-state index contributed by atoms with van der Waals surface area (Å²) in [6.07, 6.45) is 9.24. The van der Waals surface area contributed by atoms with E-state index in [1.165, 1.54) is 0 Å². The number of aliphatic imine (C=N–C) groups is 1. The molecule has 4 heteroatoms. The Morgan fingerprint density at radius 1 is 1.36 bits per heavy atom. The van der Waals surface area contributed by atoms with Crippen LogP contribution in [0.2, 0.25) is 0 Å². The predicted octanol–water partition coefficient (Wildman–Crippen LogP) is 1.14. The molecule has 0 radical (unpaired) electrons. The summed E-state index contributed by atoms with van der Waals surface area (Å²) in [5.74, 6) is -0.214. The molecular formula is C10H7N3O. The van der Waals surface area contributed by atoms with Crippen LogP contribution in [0.15, 0.2) is 41.6 Å². The van der Waals surface area contributed by atoms with E-state index in [1.54, 1.807) is 16.9 Å². The quantitative estimate of drug-likeness (QED) is 0.608. The standard InChI is InChI=1S/C10H7N3O/c14-10-9-5-6-11-13(9)8-4-2-1-3-7(8)12-10/h1-6,8H. The molecule has 1 aliphatic carbocycles. The van der Waals surface area contributed by atoms with Crippen LogP contribution in [0.3, 0.4) is 0 Å². The summed E-state index contributed by atoms with van der Waals surface area (Å²) in [5.41, 5.74) is 1.31. The smallest absolute Gasteiger partial charge is 0.265 e. The minimum Gasteiger partial charge on any atom is -0.265 e. The number of nitrogens with zero attached hydrogens (tertiary/aromatic N) is 3. The van der Waals surface area contributed by atoms with Gasteiger partial charge < -0.3 is 0 Å². The maximum atomic E-state index is 11.5. The van der Waals surface area contributed by atoms with Crippen molar-refractivity contribution in [3.8, 4) is 0 Å². The predicted molar refractivity (Wildman–Crippen MR) is 51.3 cm³/mol. The van der Waals surface area contributed by atoms with Gasteiger partial charge in [-0.2, -0.15) is 5.10 Å². The average Bonchev–Trinajstić information content (AvgIpc) is 2.67. The molecule has 4 nitrogen and oxygen atoms in total. The molecule has 1 aromatic rings. The maximum Gasteiger partial charge on any atom is 0.295 e. The topological polar surface area (TPSA) is 47.2 Å². The summed E-state index contributed by atoms with van der Waals surface area (Å²) in [5, 5.41) is 4.12. The summed E-state index contributed by atoms with van der Waals surface area (Å²) < 4.78 is 1.70. The average molecular weight is 185 g/mol. The van der Waals surface area contributed by atoms with Gasteiger partial charge in [0.2, 0.25) is 0 Å². The van der Waals surface area contributed by atoms with E-state index in [-0.39, 0.29) is 11.9 Å². The van der Waals surface area contributed by atoms with Crippen LogP contribution in [0.5, 0.6) is 0 Å². The third-order valence-electron chi connectivity index (χ3n) is 2.36. The number of rotatable bonds is 0. The normalized spacial score (nSPS) is 23.0. The Morgan fingerprint density at radius 3 is 3.21 bits per heavy atom. The molecular weight excluding hydrogens is 178 g/mol. The lowest BCUT2D eigenvalue weighted by atomic mass is 10.0. The summed E-state index contributed by atoms with van der Waals surface area (Å²) >= 11 is 0.